The number of hydrogen-bond acceptors (Lipinski definition) is 9. The molecule has 23 heavy (non-hydrogen) atoms. The third-order valence-corrected chi connectivity index (χ3v) is 2.83. The molecule has 1 N–H and O–H groups in total. The van der Waals surface area contributed by atoms with Crippen molar-refractivity contribution < 1.29 is 38.4 Å². The molecule has 11 nitrogen and oxygen atoms in total. The van der Waals surface area contributed by atoms with E-state index in [-0.39, 0.29) is 6.54 Å². The zero-order chi connectivity index (χ0) is 17.6. The van der Waals surface area contributed by atoms with Crippen LogP contribution < -0.4 is 0 Å². The van der Waals surface area contributed by atoms with E-state index in [2.05, 4.69) is 10.0 Å². The number of carbonyl (C=O) groups is 3. The van der Waals surface area contributed by atoms with Crippen molar-refractivity contribution in [3.63, 3.8) is 0 Å². The average Bonchev–Trinajstić information content (AvgIpc) is 2.43. The molecule has 0 spiro atoms. The summed E-state index contributed by atoms with van der Waals surface area (Å²) < 4.78 is 20.1. The molecule has 5 atom stereocenters. The highest BCUT2D eigenvalue weighted by Gasteiger charge is 2.50. The van der Waals surface area contributed by atoms with Crippen LogP contribution in [0.15, 0.2) is 5.11 Å². The van der Waals surface area contributed by atoms with Crippen LogP contribution in [-0.2, 0) is 33.3 Å². The van der Waals surface area contributed by atoms with Gasteiger partial charge in [0, 0.05) is 25.7 Å². The maximum atomic E-state index is 11.2. The van der Waals surface area contributed by atoms with Crippen molar-refractivity contribution in [2.45, 2.75) is 51.5 Å². The maximum Gasteiger partial charge on any atom is 0.305 e. The molecule has 0 bridgehead atoms. The minimum absolute atomic E-state index is 0.295. The predicted molar refractivity (Wildman–Crippen MR) is 71.6 cm³/mol. The summed E-state index contributed by atoms with van der Waals surface area (Å²) >= 11 is 0. The summed E-state index contributed by atoms with van der Waals surface area (Å²) in [5.74, 6) is -2.22. The van der Waals surface area contributed by atoms with Gasteiger partial charge in [-0.2, -0.15) is 0 Å². The Morgan fingerprint density at radius 3 is 2.09 bits per heavy atom. The largest absolute Gasteiger partial charge is 0.456 e. The highest BCUT2D eigenvalue weighted by molar-refractivity contribution is 5.68. The van der Waals surface area contributed by atoms with E-state index in [1.165, 1.54) is 0 Å². The summed E-state index contributed by atoms with van der Waals surface area (Å²) in [5.41, 5.74) is 8.41. The highest BCUT2D eigenvalue weighted by atomic mass is 16.7. The van der Waals surface area contributed by atoms with Gasteiger partial charge in [0.15, 0.2) is 18.3 Å². The van der Waals surface area contributed by atoms with Crippen LogP contribution in [-0.4, -0.2) is 60.3 Å². The Balaban J connectivity index is 3.11. The molecule has 1 saturated heterocycles. The quantitative estimate of drug-likeness (QED) is 0.239. The number of rotatable bonds is 5. The fraction of sp³-hybridized carbons (Fsp3) is 0.750. The summed E-state index contributed by atoms with van der Waals surface area (Å²) in [6.07, 6.45) is -6.72. The minimum Gasteiger partial charge on any atom is -0.456 e. The third-order valence-electron chi connectivity index (χ3n) is 2.83. The molecular weight excluding hydrogens is 314 g/mol. The van der Waals surface area contributed by atoms with Crippen LogP contribution in [0, 0.1) is 0 Å². The summed E-state index contributed by atoms with van der Waals surface area (Å²) in [4.78, 5) is 36.1. The van der Waals surface area contributed by atoms with E-state index in [1.807, 2.05) is 0 Å². The number of aliphatic hydroxyl groups excluding tert-OH is 1. The van der Waals surface area contributed by atoms with Crippen LogP contribution in [0.2, 0.25) is 0 Å². The zero-order valence-electron chi connectivity index (χ0n) is 12.7. The lowest BCUT2D eigenvalue weighted by Gasteiger charge is -2.42. The van der Waals surface area contributed by atoms with Gasteiger partial charge in [0.25, 0.3) is 0 Å². The van der Waals surface area contributed by atoms with E-state index in [4.69, 9.17) is 24.5 Å². The molecule has 11 heteroatoms. The molecule has 1 fully saturated rings. The molecule has 0 aromatic rings. The topological polar surface area (TPSA) is 157 Å². The molecule has 1 heterocycles. The van der Waals surface area contributed by atoms with E-state index in [0.29, 0.717) is 0 Å². The second-order valence-electron chi connectivity index (χ2n) is 4.70. The van der Waals surface area contributed by atoms with Crippen molar-refractivity contribution in [2.24, 2.45) is 5.11 Å². The first-order valence-corrected chi connectivity index (χ1v) is 6.62. The second-order valence-corrected chi connectivity index (χ2v) is 4.70. The average molecular weight is 331 g/mol. The lowest BCUT2D eigenvalue weighted by Crippen LogP contribution is -2.61. The van der Waals surface area contributed by atoms with E-state index in [0.717, 1.165) is 20.8 Å². The van der Waals surface area contributed by atoms with Crippen molar-refractivity contribution in [3.8, 4) is 0 Å². The van der Waals surface area contributed by atoms with Crippen molar-refractivity contribution in [3.05, 3.63) is 10.4 Å². The first-order valence-electron chi connectivity index (χ1n) is 6.62. The van der Waals surface area contributed by atoms with Crippen LogP contribution in [0.1, 0.15) is 20.8 Å². The maximum absolute atomic E-state index is 11.2. The first-order chi connectivity index (χ1) is 10.8. The minimum atomic E-state index is -1.59. The fourth-order valence-corrected chi connectivity index (χ4v) is 2.08. The SMILES string of the molecule is CC(=O)OC1OC(CN=[N+]=[N-])C(OC(C)=O)C(OC(C)=O)C1O. The molecule has 0 saturated carbocycles. The summed E-state index contributed by atoms with van der Waals surface area (Å²) in [5, 5.41) is 13.5. The van der Waals surface area contributed by atoms with E-state index in [1.54, 1.807) is 0 Å². The number of azide groups is 1. The Kier molecular flexibility index (Phi) is 6.76. The second kappa shape index (κ2) is 8.32. The third kappa shape index (κ3) is 5.40. The van der Waals surface area contributed by atoms with Gasteiger partial charge < -0.3 is 24.1 Å². The van der Waals surface area contributed by atoms with Gasteiger partial charge in [-0.1, -0.05) is 5.11 Å². The van der Waals surface area contributed by atoms with Gasteiger partial charge in [-0.3, -0.25) is 14.4 Å². The standard InChI is InChI=1S/C12H17N3O8/c1-5(16)20-10-8(4-14-15-13)23-12(22-7(3)18)9(19)11(10)21-6(2)17/h8-12,19H,4H2,1-3H3. The van der Waals surface area contributed by atoms with Crippen molar-refractivity contribution in [2.75, 3.05) is 6.54 Å². The van der Waals surface area contributed by atoms with Crippen LogP contribution in [0.3, 0.4) is 0 Å². The number of carbonyl (C=O) groups excluding carboxylic acids is 3. The number of nitrogens with zero attached hydrogens (tertiary/aromatic N) is 3. The molecule has 1 rings (SSSR count). The number of hydrogen-bond donors (Lipinski definition) is 1. The Hall–Kier alpha value is -2.36. The summed E-state index contributed by atoms with van der Waals surface area (Å²) in [7, 11) is 0. The molecule has 0 aromatic carbocycles. The van der Waals surface area contributed by atoms with Crippen LogP contribution >= 0.6 is 0 Å². The normalized spacial score (nSPS) is 29.8. The van der Waals surface area contributed by atoms with Crippen molar-refractivity contribution in [1.82, 2.24) is 0 Å². The molecule has 128 valence electrons. The molecular formula is C12H17N3O8. The van der Waals surface area contributed by atoms with Gasteiger partial charge in [-0.15, -0.1) is 0 Å². The monoisotopic (exact) mass is 331 g/mol. The molecule has 5 unspecified atom stereocenters. The predicted octanol–water partition coefficient (Wildman–Crippen LogP) is -0.191. The molecule has 0 aromatic heterocycles. The summed E-state index contributed by atoms with van der Waals surface area (Å²) in [6.45, 7) is 3.00. The van der Waals surface area contributed by atoms with Gasteiger partial charge in [0.2, 0.25) is 6.29 Å². The van der Waals surface area contributed by atoms with E-state index >= 15 is 0 Å². The Labute approximate surface area is 131 Å². The van der Waals surface area contributed by atoms with E-state index < -0.39 is 48.6 Å². The highest BCUT2D eigenvalue weighted by Crippen LogP contribution is 2.27. The lowest BCUT2D eigenvalue weighted by molar-refractivity contribution is -0.290. The van der Waals surface area contributed by atoms with E-state index in [9.17, 15) is 19.5 Å². The van der Waals surface area contributed by atoms with Crippen LogP contribution in [0.25, 0.3) is 10.4 Å². The van der Waals surface area contributed by atoms with Crippen molar-refractivity contribution in [1.29, 1.82) is 0 Å². The van der Waals surface area contributed by atoms with Crippen LogP contribution in [0.5, 0.6) is 0 Å². The Morgan fingerprint density at radius 2 is 1.61 bits per heavy atom. The molecule has 0 aliphatic carbocycles. The Morgan fingerprint density at radius 1 is 1.09 bits per heavy atom. The summed E-state index contributed by atoms with van der Waals surface area (Å²) in [6, 6.07) is 0. The number of esters is 3. The fourth-order valence-electron chi connectivity index (χ4n) is 2.08. The van der Waals surface area contributed by atoms with Gasteiger partial charge in [-0.05, 0) is 5.53 Å². The van der Waals surface area contributed by atoms with Gasteiger partial charge in [0.05, 0.1) is 6.54 Å². The lowest BCUT2D eigenvalue weighted by atomic mass is 9.98. The van der Waals surface area contributed by atoms with Crippen molar-refractivity contribution >= 4 is 17.9 Å². The number of ether oxygens (including phenoxy) is 4. The van der Waals surface area contributed by atoms with Gasteiger partial charge in [0.1, 0.15) is 6.10 Å². The number of aliphatic hydroxyl groups is 1. The molecule has 1 aliphatic rings. The van der Waals surface area contributed by atoms with Gasteiger partial charge in [-0.25, -0.2) is 0 Å². The Bertz CT molecular complexity index is 518. The zero-order valence-corrected chi connectivity index (χ0v) is 12.7. The van der Waals surface area contributed by atoms with Gasteiger partial charge >= 0.3 is 17.9 Å². The smallest absolute Gasteiger partial charge is 0.305 e. The first kappa shape index (κ1) is 18.7. The molecule has 0 radical (unpaired) electrons. The molecule has 1 aliphatic heterocycles. The molecule has 0 amide bonds. The van der Waals surface area contributed by atoms with Crippen LogP contribution in [0.4, 0.5) is 0 Å².